The van der Waals surface area contributed by atoms with Crippen LogP contribution in [0.25, 0.3) is 5.57 Å². The van der Waals surface area contributed by atoms with Gasteiger partial charge in [-0.2, -0.15) is 4.39 Å². The van der Waals surface area contributed by atoms with E-state index in [-0.39, 0.29) is 11.3 Å². The van der Waals surface area contributed by atoms with Gasteiger partial charge in [0.2, 0.25) is 5.83 Å². The van der Waals surface area contributed by atoms with Crippen molar-refractivity contribution in [3.8, 4) is 0 Å². The van der Waals surface area contributed by atoms with Gasteiger partial charge in [0.05, 0.1) is 0 Å². The molecule has 0 aliphatic carbocycles. The van der Waals surface area contributed by atoms with E-state index in [2.05, 4.69) is 0 Å². The molecule has 4 heteroatoms. The van der Waals surface area contributed by atoms with Crippen LogP contribution >= 0.6 is 0 Å². The first-order valence-corrected chi connectivity index (χ1v) is 3.69. The van der Waals surface area contributed by atoms with Crippen molar-refractivity contribution in [1.82, 2.24) is 0 Å². The molecule has 1 aromatic heterocycles. The molecule has 0 radical (unpaired) electrons. The summed E-state index contributed by atoms with van der Waals surface area (Å²) in [5.41, 5.74) is 0.000556. The number of carboxylic acids is 1. The molecular weight excluding hydrogens is 175 g/mol. The summed E-state index contributed by atoms with van der Waals surface area (Å²) in [7, 11) is 0. The number of aryl methyl sites for hydroxylation is 1. The number of aliphatic carboxylic acids is 1. The molecule has 0 saturated heterocycles. The third-order valence-corrected chi connectivity index (χ3v) is 1.63. The zero-order valence-electron chi connectivity index (χ0n) is 7.30. The Balaban J connectivity index is 3.09. The van der Waals surface area contributed by atoms with E-state index >= 15 is 0 Å². The van der Waals surface area contributed by atoms with E-state index in [0.29, 0.717) is 5.76 Å². The second kappa shape index (κ2) is 3.43. The highest BCUT2D eigenvalue weighted by Crippen LogP contribution is 2.21. The summed E-state index contributed by atoms with van der Waals surface area (Å²) in [5.74, 6) is -1.90. The van der Waals surface area contributed by atoms with Crippen molar-refractivity contribution < 1.29 is 18.7 Å². The smallest absolute Gasteiger partial charge is 0.365 e. The molecule has 0 saturated carbocycles. The Morgan fingerprint density at radius 2 is 2.15 bits per heavy atom. The number of hydrogen-bond acceptors (Lipinski definition) is 2. The predicted octanol–water partition coefficient (Wildman–Crippen LogP) is 2.37. The lowest BCUT2D eigenvalue weighted by Crippen LogP contribution is -1.97. The molecule has 1 rings (SSSR count). The average Bonchev–Trinajstić information content (AvgIpc) is 2.49. The van der Waals surface area contributed by atoms with E-state index in [1.54, 1.807) is 13.0 Å². The Morgan fingerprint density at radius 1 is 1.54 bits per heavy atom. The third kappa shape index (κ3) is 1.96. The standard InChI is InChI=1S/C9H9FO3/c1-5-3-4-7(13-5)6(2)8(10)9(11)12/h3-4H,1-2H3,(H,11,12). The Labute approximate surface area is 74.5 Å². The number of carbonyl (C=O) groups is 1. The lowest BCUT2D eigenvalue weighted by molar-refractivity contribution is -0.134. The van der Waals surface area contributed by atoms with Crippen LogP contribution in [0, 0.1) is 6.92 Å². The predicted molar refractivity (Wildman–Crippen MR) is 44.8 cm³/mol. The van der Waals surface area contributed by atoms with Crippen LogP contribution in [-0.2, 0) is 4.79 Å². The van der Waals surface area contributed by atoms with Crippen molar-refractivity contribution in [2.75, 3.05) is 0 Å². The van der Waals surface area contributed by atoms with Gasteiger partial charge in [0.15, 0.2) is 0 Å². The van der Waals surface area contributed by atoms with Crippen molar-refractivity contribution in [2.24, 2.45) is 0 Å². The Bertz CT molecular complexity index is 363. The molecule has 0 unspecified atom stereocenters. The van der Waals surface area contributed by atoms with Crippen molar-refractivity contribution >= 4 is 11.5 Å². The molecule has 1 N–H and O–H groups in total. The van der Waals surface area contributed by atoms with E-state index in [1.165, 1.54) is 13.0 Å². The maximum atomic E-state index is 12.8. The lowest BCUT2D eigenvalue weighted by Gasteiger charge is -1.96. The van der Waals surface area contributed by atoms with Gasteiger partial charge in [-0.15, -0.1) is 0 Å². The molecular formula is C9H9FO3. The van der Waals surface area contributed by atoms with Crippen LogP contribution in [0.4, 0.5) is 4.39 Å². The minimum atomic E-state index is -1.58. The summed E-state index contributed by atoms with van der Waals surface area (Å²) in [6.45, 7) is 3.07. The van der Waals surface area contributed by atoms with Gasteiger partial charge in [0.1, 0.15) is 11.5 Å². The minimum absolute atomic E-state index is 0.000556. The molecule has 70 valence electrons. The summed E-state index contributed by atoms with van der Waals surface area (Å²) < 4.78 is 17.9. The first-order valence-electron chi connectivity index (χ1n) is 3.69. The van der Waals surface area contributed by atoms with Crippen molar-refractivity contribution in [3.05, 3.63) is 29.5 Å². The van der Waals surface area contributed by atoms with E-state index in [0.717, 1.165) is 0 Å². The number of halogens is 1. The van der Waals surface area contributed by atoms with Crippen LogP contribution < -0.4 is 0 Å². The summed E-state index contributed by atoms with van der Waals surface area (Å²) in [6, 6.07) is 3.18. The van der Waals surface area contributed by atoms with Gasteiger partial charge in [-0.3, -0.25) is 0 Å². The molecule has 0 aromatic carbocycles. The quantitative estimate of drug-likeness (QED) is 0.718. The highest BCUT2D eigenvalue weighted by atomic mass is 19.1. The third-order valence-electron chi connectivity index (χ3n) is 1.63. The van der Waals surface area contributed by atoms with Crippen LogP contribution in [0.2, 0.25) is 0 Å². The average molecular weight is 184 g/mol. The van der Waals surface area contributed by atoms with E-state index < -0.39 is 11.8 Å². The van der Waals surface area contributed by atoms with Crippen LogP contribution in [-0.4, -0.2) is 11.1 Å². The highest BCUT2D eigenvalue weighted by Gasteiger charge is 2.13. The Hall–Kier alpha value is -1.58. The van der Waals surface area contributed by atoms with E-state index in [4.69, 9.17) is 9.52 Å². The second-order valence-corrected chi connectivity index (χ2v) is 2.65. The SMILES string of the molecule is CC(=C(F)C(=O)O)c1ccc(C)o1. The van der Waals surface area contributed by atoms with E-state index in [9.17, 15) is 9.18 Å². The van der Waals surface area contributed by atoms with Gasteiger partial charge in [0.25, 0.3) is 0 Å². The van der Waals surface area contributed by atoms with Crippen LogP contribution in [0.15, 0.2) is 22.4 Å². The molecule has 0 amide bonds. The summed E-state index contributed by atoms with van der Waals surface area (Å²) in [6.07, 6.45) is 0. The number of hydrogen-bond donors (Lipinski definition) is 1. The van der Waals surface area contributed by atoms with Gasteiger partial charge in [-0.1, -0.05) is 0 Å². The molecule has 0 aliphatic rings. The highest BCUT2D eigenvalue weighted by molar-refractivity contribution is 5.92. The molecule has 0 spiro atoms. The van der Waals surface area contributed by atoms with Crippen LogP contribution in [0.3, 0.4) is 0 Å². The monoisotopic (exact) mass is 184 g/mol. The topological polar surface area (TPSA) is 50.4 Å². The van der Waals surface area contributed by atoms with Gasteiger partial charge in [0, 0.05) is 5.57 Å². The molecule has 1 aromatic rings. The van der Waals surface area contributed by atoms with Crippen molar-refractivity contribution in [1.29, 1.82) is 0 Å². The number of furan rings is 1. The molecule has 0 bridgehead atoms. The zero-order valence-corrected chi connectivity index (χ0v) is 7.30. The Kier molecular flexibility index (Phi) is 2.51. The van der Waals surface area contributed by atoms with Crippen LogP contribution in [0.5, 0.6) is 0 Å². The molecule has 1 heterocycles. The van der Waals surface area contributed by atoms with E-state index in [1.807, 2.05) is 0 Å². The molecule has 0 atom stereocenters. The number of rotatable bonds is 2. The van der Waals surface area contributed by atoms with Crippen LogP contribution in [0.1, 0.15) is 18.4 Å². The summed E-state index contributed by atoms with van der Waals surface area (Å²) in [4.78, 5) is 10.2. The van der Waals surface area contributed by atoms with Gasteiger partial charge < -0.3 is 9.52 Å². The lowest BCUT2D eigenvalue weighted by atomic mass is 10.2. The second-order valence-electron chi connectivity index (χ2n) is 2.65. The summed E-state index contributed by atoms with van der Waals surface area (Å²) in [5, 5.41) is 8.35. The number of allylic oxidation sites excluding steroid dienone is 1. The largest absolute Gasteiger partial charge is 0.476 e. The van der Waals surface area contributed by atoms with Crippen molar-refractivity contribution in [3.63, 3.8) is 0 Å². The first-order chi connectivity index (χ1) is 6.02. The molecule has 0 aliphatic heterocycles. The minimum Gasteiger partial charge on any atom is -0.476 e. The number of carboxylic acid groups (broad SMARTS) is 1. The fourth-order valence-corrected chi connectivity index (χ4v) is 0.905. The maximum absolute atomic E-state index is 12.8. The Morgan fingerprint density at radius 3 is 2.54 bits per heavy atom. The molecule has 0 fully saturated rings. The fraction of sp³-hybridized carbons (Fsp3) is 0.222. The summed E-state index contributed by atoms with van der Waals surface area (Å²) >= 11 is 0. The maximum Gasteiger partial charge on any atom is 0.365 e. The van der Waals surface area contributed by atoms with Gasteiger partial charge in [-0.05, 0) is 26.0 Å². The van der Waals surface area contributed by atoms with Crippen molar-refractivity contribution in [2.45, 2.75) is 13.8 Å². The zero-order chi connectivity index (χ0) is 10.0. The molecule has 3 nitrogen and oxygen atoms in total. The normalized spacial score (nSPS) is 12.5. The fourth-order valence-electron chi connectivity index (χ4n) is 0.905. The molecule has 13 heavy (non-hydrogen) atoms. The van der Waals surface area contributed by atoms with Gasteiger partial charge in [-0.25, -0.2) is 4.79 Å². The van der Waals surface area contributed by atoms with Gasteiger partial charge >= 0.3 is 5.97 Å². The first kappa shape index (κ1) is 9.51.